The zero-order valence-corrected chi connectivity index (χ0v) is 18.9. The van der Waals surface area contributed by atoms with E-state index < -0.39 is 0 Å². The van der Waals surface area contributed by atoms with Gasteiger partial charge in [-0.05, 0) is 17.2 Å². The minimum atomic E-state index is 0. The van der Waals surface area contributed by atoms with Crippen molar-refractivity contribution in [1.29, 1.82) is 0 Å². The summed E-state index contributed by atoms with van der Waals surface area (Å²) in [7, 11) is 5.38. The van der Waals surface area contributed by atoms with Gasteiger partial charge in [-0.3, -0.25) is 4.99 Å². The summed E-state index contributed by atoms with van der Waals surface area (Å²) in [4.78, 5) is 10.6. The molecule has 0 bridgehead atoms. The number of ether oxygens (including phenoxy) is 2. The molecule has 0 atom stereocenters. The van der Waals surface area contributed by atoms with Crippen molar-refractivity contribution in [2.24, 2.45) is 4.99 Å². The van der Waals surface area contributed by atoms with E-state index in [0.717, 1.165) is 22.1 Å². The number of hydrogen-bond donors (Lipinski definition) is 1. The molecule has 1 aromatic carbocycles. The number of aromatic nitrogens is 1. The van der Waals surface area contributed by atoms with Crippen LogP contribution in [0.25, 0.3) is 0 Å². The largest absolute Gasteiger partial charge is 0.475 e. The van der Waals surface area contributed by atoms with E-state index in [-0.39, 0.29) is 24.0 Å². The molecule has 1 aromatic heterocycles. The van der Waals surface area contributed by atoms with Gasteiger partial charge in [-0.15, -0.1) is 24.0 Å². The Kier molecular flexibility index (Phi) is 11.1. The SMILES string of the molecule is CN=C(NCc1ccc(OCCOC)nc1)N(C)Cc1ccccc1Cl.I. The molecular formula is C19H26ClIN4O2. The maximum absolute atomic E-state index is 6.23. The molecular weight excluding hydrogens is 479 g/mol. The highest BCUT2D eigenvalue weighted by atomic mass is 127. The molecule has 0 unspecified atom stereocenters. The van der Waals surface area contributed by atoms with Crippen LogP contribution in [-0.2, 0) is 17.8 Å². The van der Waals surface area contributed by atoms with Crippen molar-refractivity contribution in [2.75, 3.05) is 34.4 Å². The molecule has 2 aromatic rings. The summed E-state index contributed by atoms with van der Waals surface area (Å²) in [5.41, 5.74) is 2.09. The number of hydrogen-bond acceptors (Lipinski definition) is 4. The van der Waals surface area contributed by atoms with E-state index in [1.54, 1.807) is 20.4 Å². The summed E-state index contributed by atoms with van der Waals surface area (Å²) < 4.78 is 10.4. The van der Waals surface area contributed by atoms with Gasteiger partial charge in [0, 0.05) is 51.6 Å². The molecule has 6 nitrogen and oxygen atoms in total. The minimum Gasteiger partial charge on any atom is -0.475 e. The number of rotatable bonds is 8. The zero-order valence-electron chi connectivity index (χ0n) is 15.8. The van der Waals surface area contributed by atoms with Crippen LogP contribution in [0, 0.1) is 0 Å². The van der Waals surface area contributed by atoms with Gasteiger partial charge in [-0.1, -0.05) is 35.9 Å². The summed E-state index contributed by atoms with van der Waals surface area (Å²) in [6, 6.07) is 11.6. The molecule has 0 aliphatic heterocycles. The number of nitrogens with one attached hydrogen (secondary N) is 1. The predicted octanol–water partition coefficient (Wildman–Crippen LogP) is 3.59. The van der Waals surface area contributed by atoms with Gasteiger partial charge in [-0.2, -0.15) is 0 Å². The Morgan fingerprint density at radius 3 is 2.63 bits per heavy atom. The van der Waals surface area contributed by atoms with Gasteiger partial charge in [0.05, 0.1) is 6.61 Å². The normalized spacial score (nSPS) is 10.9. The summed E-state index contributed by atoms with van der Waals surface area (Å²) in [5, 5.41) is 4.08. The monoisotopic (exact) mass is 504 g/mol. The number of benzene rings is 1. The lowest BCUT2D eigenvalue weighted by molar-refractivity contribution is 0.143. The molecule has 1 heterocycles. The van der Waals surface area contributed by atoms with Gasteiger partial charge < -0.3 is 19.7 Å². The van der Waals surface area contributed by atoms with E-state index in [2.05, 4.69) is 15.3 Å². The number of guanidine groups is 1. The van der Waals surface area contributed by atoms with E-state index in [1.807, 2.05) is 48.3 Å². The standard InChI is InChI=1S/C19H25ClN4O2.HI/c1-21-19(24(2)14-16-6-4-5-7-17(16)20)23-13-15-8-9-18(22-12-15)26-11-10-25-3;/h4-9,12H,10-11,13-14H2,1-3H3,(H,21,23);1H. The molecule has 148 valence electrons. The van der Waals surface area contributed by atoms with Crippen LogP contribution in [0.5, 0.6) is 5.88 Å². The number of pyridine rings is 1. The first-order valence-electron chi connectivity index (χ1n) is 8.36. The molecule has 8 heteroatoms. The predicted molar refractivity (Wildman–Crippen MR) is 120 cm³/mol. The Labute approximate surface area is 183 Å². The Hall–Kier alpha value is -1.58. The smallest absolute Gasteiger partial charge is 0.213 e. The van der Waals surface area contributed by atoms with Gasteiger partial charge >= 0.3 is 0 Å². The Bertz CT molecular complexity index is 713. The quantitative estimate of drug-likeness (QED) is 0.258. The van der Waals surface area contributed by atoms with Crippen LogP contribution in [0.15, 0.2) is 47.6 Å². The van der Waals surface area contributed by atoms with Crippen molar-refractivity contribution >= 4 is 41.5 Å². The highest BCUT2D eigenvalue weighted by molar-refractivity contribution is 14.0. The molecule has 0 amide bonds. The molecule has 0 saturated carbocycles. The Morgan fingerprint density at radius 1 is 1.22 bits per heavy atom. The maximum Gasteiger partial charge on any atom is 0.213 e. The molecule has 0 aliphatic carbocycles. The summed E-state index contributed by atoms with van der Waals surface area (Å²) in [6.45, 7) is 2.31. The van der Waals surface area contributed by atoms with Crippen LogP contribution < -0.4 is 10.1 Å². The molecule has 0 fully saturated rings. The molecule has 0 saturated heterocycles. The molecule has 27 heavy (non-hydrogen) atoms. The molecule has 2 rings (SSSR count). The van der Waals surface area contributed by atoms with Crippen molar-refractivity contribution in [1.82, 2.24) is 15.2 Å². The number of aliphatic imine (C=N–C) groups is 1. The second-order valence-corrected chi connectivity index (χ2v) is 6.10. The maximum atomic E-state index is 6.23. The zero-order chi connectivity index (χ0) is 18.8. The van der Waals surface area contributed by atoms with Crippen molar-refractivity contribution in [3.8, 4) is 5.88 Å². The van der Waals surface area contributed by atoms with Crippen molar-refractivity contribution in [3.05, 3.63) is 58.7 Å². The first-order valence-corrected chi connectivity index (χ1v) is 8.73. The highest BCUT2D eigenvalue weighted by Gasteiger charge is 2.09. The topological polar surface area (TPSA) is 59.0 Å². The van der Waals surface area contributed by atoms with Gasteiger partial charge in [0.15, 0.2) is 5.96 Å². The minimum absolute atomic E-state index is 0. The fourth-order valence-corrected chi connectivity index (χ4v) is 2.55. The van der Waals surface area contributed by atoms with Crippen LogP contribution >= 0.6 is 35.6 Å². The summed E-state index contributed by atoms with van der Waals surface area (Å²) in [5.74, 6) is 1.37. The lowest BCUT2D eigenvalue weighted by Crippen LogP contribution is -2.38. The van der Waals surface area contributed by atoms with E-state index in [1.165, 1.54) is 0 Å². The second kappa shape index (κ2) is 12.7. The average Bonchev–Trinajstić information content (AvgIpc) is 2.65. The summed E-state index contributed by atoms with van der Waals surface area (Å²) >= 11 is 6.23. The van der Waals surface area contributed by atoms with Crippen LogP contribution in [0.4, 0.5) is 0 Å². The van der Waals surface area contributed by atoms with Gasteiger partial charge in [0.1, 0.15) is 6.61 Å². The first-order chi connectivity index (χ1) is 12.6. The Balaban J connectivity index is 0.00000364. The third-order valence-corrected chi connectivity index (χ3v) is 4.09. The van der Waals surface area contributed by atoms with Gasteiger partial charge in [0.25, 0.3) is 0 Å². The van der Waals surface area contributed by atoms with Crippen LogP contribution in [0.2, 0.25) is 5.02 Å². The number of methoxy groups -OCH3 is 1. The van der Waals surface area contributed by atoms with E-state index in [4.69, 9.17) is 21.1 Å². The van der Waals surface area contributed by atoms with Gasteiger partial charge in [-0.25, -0.2) is 4.98 Å². The number of halogens is 2. The van der Waals surface area contributed by atoms with Crippen molar-refractivity contribution < 1.29 is 9.47 Å². The second-order valence-electron chi connectivity index (χ2n) is 5.69. The van der Waals surface area contributed by atoms with E-state index >= 15 is 0 Å². The average molecular weight is 505 g/mol. The fraction of sp³-hybridized carbons (Fsp3) is 0.368. The van der Waals surface area contributed by atoms with Crippen LogP contribution in [0.1, 0.15) is 11.1 Å². The highest BCUT2D eigenvalue weighted by Crippen LogP contribution is 2.16. The van der Waals surface area contributed by atoms with Crippen molar-refractivity contribution in [3.63, 3.8) is 0 Å². The van der Waals surface area contributed by atoms with Crippen LogP contribution in [0.3, 0.4) is 0 Å². The van der Waals surface area contributed by atoms with Crippen LogP contribution in [-0.4, -0.2) is 50.3 Å². The lowest BCUT2D eigenvalue weighted by atomic mass is 10.2. The molecule has 0 spiro atoms. The first kappa shape index (κ1) is 23.5. The van der Waals surface area contributed by atoms with E-state index in [9.17, 15) is 0 Å². The third kappa shape index (κ3) is 7.90. The van der Waals surface area contributed by atoms with Gasteiger partial charge in [0.2, 0.25) is 5.88 Å². The molecule has 1 N–H and O–H groups in total. The third-order valence-electron chi connectivity index (χ3n) is 3.72. The lowest BCUT2D eigenvalue weighted by Gasteiger charge is -2.22. The molecule has 0 aliphatic rings. The summed E-state index contributed by atoms with van der Waals surface area (Å²) in [6.07, 6.45) is 1.79. The fourth-order valence-electron chi connectivity index (χ4n) is 2.35. The van der Waals surface area contributed by atoms with Crippen molar-refractivity contribution in [2.45, 2.75) is 13.1 Å². The molecule has 0 radical (unpaired) electrons. The Morgan fingerprint density at radius 2 is 2.00 bits per heavy atom. The van der Waals surface area contributed by atoms with E-state index in [0.29, 0.717) is 32.2 Å². The number of nitrogens with zero attached hydrogens (tertiary/aromatic N) is 3.